The van der Waals surface area contributed by atoms with Crippen molar-refractivity contribution < 1.29 is 9.59 Å². The minimum atomic E-state index is -0.223. The first kappa shape index (κ1) is 21.4. The van der Waals surface area contributed by atoms with Crippen molar-refractivity contribution in [2.45, 2.75) is 53.1 Å². The predicted molar refractivity (Wildman–Crippen MR) is 110 cm³/mol. The molecule has 0 aliphatic carbocycles. The Labute approximate surface area is 163 Å². The third kappa shape index (κ3) is 6.33. The number of nitrogens with zero attached hydrogens (tertiary/aromatic N) is 2. The van der Waals surface area contributed by atoms with Crippen LogP contribution in [0.4, 0.5) is 5.69 Å². The van der Waals surface area contributed by atoms with Gasteiger partial charge < -0.3 is 10.6 Å². The molecule has 27 heavy (non-hydrogen) atoms. The Kier molecular flexibility index (Phi) is 7.00. The maximum atomic E-state index is 12.4. The monoisotopic (exact) mass is 374 g/mol. The van der Waals surface area contributed by atoms with Crippen molar-refractivity contribution in [3.05, 3.63) is 29.3 Å². The Hall–Kier alpha value is -1.92. The van der Waals surface area contributed by atoms with Crippen LogP contribution in [0.15, 0.2) is 18.2 Å². The van der Waals surface area contributed by atoms with Crippen LogP contribution in [0.3, 0.4) is 0 Å². The van der Waals surface area contributed by atoms with E-state index in [2.05, 4.69) is 20.4 Å². The SMILES string of the molecule is Cc1cccc(NC(=O)CN2CCN([C@@H](C)C(=O)NC(C)(C)C)CC2)c1C. The lowest BCUT2D eigenvalue weighted by Crippen LogP contribution is -2.56. The second kappa shape index (κ2) is 8.85. The van der Waals surface area contributed by atoms with E-state index in [0.29, 0.717) is 6.54 Å². The zero-order chi connectivity index (χ0) is 20.2. The second-order valence-electron chi connectivity index (χ2n) is 8.52. The standard InChI is InChI=1S/C21H34N4O2/c1-15-8-7-9-18(16(15)2)22-19(26)14-24-10-12-25(13-11-24)17(3)20(27)23-21(4,5)6/h7-9,17H,10-14H2,1-6H3,(H,22,26)(H,23,27)/t17-/m0/s1. The van der Waals surface area contributed by atoms with Gasteiger partial charge in [0.1, 0.15) is 0 Å². The molecule has 0 radical (unpaired) electrons. The van der Waals surface area contributed by atoms with Crippen molar-refractivity contribution in [2.24, 2.45) is 0 Å². The highest BCUT2D eigenvalue weighted by atomic mass is 16.2. The molecule has 2 rings (SSSR count). The molecule has 6 nitrogen and oxygen atoms in total. The van der Waals surface area contributed by atoms with Gasteiger partial charge in [-0.15, -0.1) is 0 Å². The van der Waals surface area contributed by atoms with Crippen LogP contribution in [0.1, 0.15) is 38.8 Å². The van der Waals surface area contributed by atoms with Gasteiger partial charge in [-0.25, -0.2) is 0 Å². The van der Waals surface area contributed by atoms with Crippen LogP contribution in [0.25, 0.3) is 0 Å². The lowest BCUT2D eigenvalue weighted by atomic mass is 10.1. The molecule has 2 N–H and O–H groups in total. The van der Waals surface area contributed by atoms with E-state index in [9.17, 15) is 9.59 Å². The molecule has 0 unspecified atom stereocenters. The number of piperazine rings is 1. The average Bonchev–Trinajstić information content (AvgIpc) is 2.57. The number of anilines is 1. The van der Waals surface area contributed by atoms with Crippen LogP contribution >= 0.6 is 0 Å². The van der Waals surface area contributed by atoms with Crippen LogP contribution in [0.5, 0.6) is 0 Å². The van der Waals surface area contributed by atoms with Crippen molar-refractivity contribution in [3.63, 3.8) is 0 Å². The molecule has 1 aliphatic heterocycles. The Morgan fingerprint density at radius 1 is 1.11 bits per heavy atom. The summed E-state index contributed by atoms with van der Waals surface area (Å²) in [5.74, 6) is 0.0688. The van der Waals surface area contributed by atoms with Crippen LogP contribution in [-0.4, -0.2) is 65.9 Å². The van der Waals surface area contributed by atoms with Crippen LogP contribution in [0, 0.1) is 13.8 Å². The Bertz CT molecular complexity index is 673. The van der Waals surface area contributed by atoms with E-state index in [1.165, 1.54) is 5.56 Å². The molecule has 1 aromatic carbocycles. The third-order valence-electron chi connectivity index (χ3n) is 5.08. The minimum absolute atomic E-state index is 0.00988. The van der Waals surface area contributed by atoms with Gasteiger partial charge in [-0.1, -0.05) is 12.1 Å². The van der Waals surface area contributed by atoms with Gasteiger partial charge in [0.2, 0.25) is 11.8 Å². The molecule has 1 saturated heterocycles. The topological polar surface area (TPSA) is 64.7 Å². The summed E-state index contributed by atoms with van der Waals surface area (Å²) < 4.78 is 0. The fraction of sp³-hybridized carbons (Fsp3) is 0.619. The van der Waals surface area contributed by atoms with E-state index < -0.39 is 0 Å². The molecule has 1 fully saturated rings. The normalized spacial score (nSPS) is 17.4. The summed E-state index contributed by atoms with van der Waals surface area (Å²) in [6.45, 7) is 15.5. The third-order valence-corrected chi connectivity index (χ3v) is 5.08. The lowest BCUT2D eigenvalue weighted by molar-refractivity contribution is -0.128. The maximum Gasteiger partial charge on any atom is 0.238 e. The number of carbonyl (C=O) groups is 2. The number of hydrogen-bond acceptors (Lipinski definition) is 4. The van der Waals surface area contributed by atoms with Gasteiger partial charge in [-0.3, -0.25) is 19.4 Å². The summed E-state index contributed by atoms with van der Waals surface area (Å²) in [4.78, 5) is 29.1. The molecule has 1 aromatic rings. The van der Waals surface area contributed by atoms with E-state index in [4.69, 9.17) is 0 Å². The summed E-state index contributed by atoms with van der Waals surface area (Å²) in [6.07, 6.45) is 0. The largest absolute Gasteiger partial charge is 0.350 e. The van der Waals surface area contributed by atoms with Gasteiger partial charge in [0, 0.05) is 37.4 Å². The first-order chi connectivity index (χ1) is 12.6. The maximum absolute atomic E-state index is 12.4. The number of nitrogens with one attached hydrogen (secondary N) is 2. The molecule has 0 bridgehead atoms. The van der Waals surface area contributed by atoms with Gasteiger partial charge in [0.15, 0.2) is 0 Å². The van der Waals surface area contributed by atoms with E-state index in [1.807, 2.05) is 59.7 Å². The predicted octanol–water partition coefficient (Wildman–Crippen LogP) is 2.16. The summed E-state index contributed by atoms with van der Waals surface area (Å²) >= 11 is 0. The summed E-state index contributed by atoms with van der Waals surface area (Å²) in [5.41, 5.74) is 2.93. The zero-order valence-corrected chi connectivity index (χ0v) is 17.6. The second-order valence-corrected chi connectivity index (χ2v) is 8.52. The Balaban J connectivity index is 1.81. The molecular weight excluding hydrogens is 340 g/mol. The number of hydrogen-bond donors (Lipinski definition) is 2. The van der Waals surface area contributed by atoms with Crippen molar-refractivity contribution >= 4 is 17.5 Å². The van der Waals surface area contributed by atoms with E-state index in [-0.39, 0.29) is 23.4 Å². The quantitative estimate of drug-likeness (QED) is 0.829. The Morgan fingerprint density at radius 3 is 2.33 bits per heavy atom. The summed E-state index contributed by atoms with van der Waals surface area (Å²) in [7, 11) is 0. The molecular formula is C21H34N4O2. The van der Waals surface area contributed by atoms with Crippen molar-refractivity contribution in [1.29, 1.82) is 0 Å². The van der Waals surface area contributed by atoms with Gasteiger partial charge in [-0.2, -0.15) is 0 Å². The molecule has 1 atom stereocenters. The van der Waals surface area contributed by atoms with Crippen LogP contribution < -0.4 is 10.6 Å². The van der Waals surface area contributed by atoms with Crippen molar-refractivity contribution in [1.82, 2.24) is 15.1 Å². The number of benzene rings is 1. The van der Waals surface area contributed by atoms with Crippen LogP contribution in [-0.2, 0) is 9.59 Å². The van der Waals surface area contributed by atoms with E-state index >= 15 is 0 Å². The highest BCUT2D eigenvalue weighted by Gasteiger charge is 2.28. The smallest absolute Gasteiger partial charge is 0.238 e. The summed E-state index contributed by atoms with van der Waals surface area (Å²) in [5, 5.41) is 6.06. The lowest BCUT2D eigenvalue weighted by Gasteiger charge is -2.38. The average molecular weight is 375 g/mol. The van der Waals surface area contributed by atoms with Gasteiger partial charge >= 0.3 is 0 Å². The van der Waals surface area contributed by atoms with E-state index in [0.717, 1.165) is 37.4 Å². The number of amides is 2. The van der Waals surface area contributed by atoms with Crippen molar-refractivity contribution in [2.75, 3.05) is 38.0 Å². The molecule has 0 aromatic heterocycles. The fourth-order valence-corrected chi connectivity index (χ4v) is 3.23. The molecule has 0 spiro atoms. The first-order valence-electron chi connectivity index (χ1n) is 9.71. The van der Waals surface area contributed by atoms with Crippen molar-refractivity contribution in [3.8, 4) is 0 Å². The van der Waals surface area contributed by atoms with Gasteiger partial charge in [0.25, 0.3) is 0 Å². The molecule has 1 aliphatic rings. The molecule has 1 heterocycles. The van der Waals surface area contributed by atoms with E-state index in [1.54, 1.807) is 0 Å². The molecule has 0 saturated carbocycles. The molecule has 150 valence electrons. The van der Waals surface area contributed by atoms with Gasteiger partial charge in [0.05, 0.1) is 12.6 Å². The number of aryl methyl sites for hydroxylation is 1. The fourth-order valence-electron chi connectivity index (χ4n) is 3.23. The van der Waals surface area contributed by atoms with Crippen LogP contribution in [0.2, 0.25) is 0 Å². The zero-order valence-electron chi connectivity index (χ0n) is 17.6. The summed E-state index contributed by atoms with van der Waals surface area (Å²) in [6, 6.07) is 5.78. The molecule has 6 heteroatoms. The first-order valence-corrected chi connectivity index (χ1v) is 9.71. The number of carbonyl (C=O) groups excluding carboxylic acids is 2. The molecule has 2 amide bonds. The highest BCUT2D eigenvalue weighted by molar-refractivity contribution is 5.93. The minimum Gasteiger partial charge on any atom is -0.350 e. The van der Waals surface area contributed by atoms with Gasteiger partial charge in [-0.05, 0) is 58.7 Å². The Morgan fingerprint density at radius 2 is 1.74 bits per heavy atom. The highest BCUT2D eigenvalue weighted by Crippen LogP contribution is 2.18. The number of rotatable bonds is 5.